The van der Waals surface area contributed by atoms with Crippen molar-refractivity contribution in [3.8, 4) is 5.75 Å². The van der Waals surface area contributed by atoms with E-state index >= 15 is 0 Å². The molecule has 0 aliphatic heterocycles. The molecule has 1 fully saturated rings. The Hall–Kier alpha value is -1.58. The third kappa shape index (κ3) is 3.46. The molecule has 4 heteroatoms. The summed E-state index contributed by atoms with van der Waals surface area (Å²) in [4.78, 5) is 12.0. The Morgan fingerprint density at radius 2 is 2.00 bits per heavy atom. The van der Waals surface area contributed by atoms with Crippen LogP contribution in [0.2, 0.25) is 0 Å². The van der Waals surface area contributed by atoms with Crippen LogP contribution in [-0.2, 0) is 0 Å². The van der Waals surface area contributed by atoms with Crippen LogP contribution in [0.5, 0.6) is 5.75 Å². The van der Waals surface area contributed by atoms with Crippen LogP contribution in [0.25, 0.3) is 0 Å². The minimum absolute atomic E-state index is 0.00448. The van der Waals surface area contributed by atoms with Crippen LogP contribution in [0.3, 0.4) is 0 Å². The largest absolute Gasteiger partial charge is 0.507 e. The quantitative estimate of drug-likeness (QED) is 0.862. The number of phenols is 1. The van der Waals surface area contributed by atoms with Gasteiger partial charge in [0.05, 0.1) is 5.56 Å². The van der Waals surface area contributed by atoms with Crippen molar-refractivity contribution in [3.05, 3.63) is 29.6 Å². The van der Waals surface area contributed by atoms with Gasteiger partial charge >= 0.3 is 0 Å². The van der Waals surface area contributed by atoms with Crippen molar-refractivity contribution in [2.75, 3.05) is 0 Å². The summed E-state index contributed by atoms with van der Waals surface area (Å²) < 4.78 is 13.1. The van der Waals surface area contributed by atoms with Gasteiger partial charge in [-0.3, -0.25) is 4.79 Å². The van der Waals surface area contributed by atoms with Crippen LogP contribution in [-0.4, -0.2) is 17.1 Å². The molecule has 0 bridgehead atoms. The molecular weight excluding hydrogens is 245 g/mol. The fourth-order valence-electron chi connectivity index (χ4n) is 2.50. The summed E-state index contributed by atoms with van der Waals surface area (Å²) in [5.74, 6) is -1.11. The number of halogens is 1. The third-order valence-electron chi connectivity index (χ3n) is 3.88. The number of benzene rings is 1. The summed E-state index contributed by atoms with van der Waals surface area (Å²) in [6, 6.07) is 3.52. The highest BCUT2D eigenvalue weighted by molar-refractivity contribution is 5.96. The van der Waals surface area contributed by atoms with Crippen molar-refractivity contribution < 1.29 is 14.3 Å². The summed E-state index contributed by atoms with van der Waals surface area (Å²) in [6.07, 6.45) is 3.98. The Kier molecular flexibility index (Phi) is 3.78. The monoisotopic (exact) mass is 265 g/mol. The van der Waals surface area contributed by atoms with E-state index in [1.807, 2.05) is 0 Å². The summed E-state index contributed by atoms with van der Waals surface area (Å²) >= 11 is 0. The minimum atomic E-state index is -0.521. The van der Waals surface area contributed by atoms with Gasteiger partial charge in [0.1, 0.15) is 11.6 Å². The normalized spacial score (nSPS) is 19.1. The Morgan fingerprint density at radius 3 is 2.63 bits per heavy atom. The van der Waals surface area contributed by atoms with Gasteiger partial charge in [-0.05, 0) is 49.3 Å². The molecule has 1 aliphatic rings. The van der Waals surface area contributed by atoms with Gasteiger partial charge in [-0.1, -0.05) is 13.8 Å². The molecule has 2 rings (SSSR count). The molecule has 1 saturated carbocycles. The van der Waals surface area contributed by atoms with Gasteiger partial charge in [-0.25, -0.2) is 4.39 Å². The number of carbonyl (C=O) groups is 1. The Morgan fingerprint density at radius 1 is 1.37 bits per heavy atom. The molecule has 1 aromatic rings. The van der Waals surface area contributed by atoms with Crippen molar-refractivity contribution >= 4 is 5.91 Å². The van der Waals surface area contributed by atoms with Crippen molar-refractivity contribution in [1.82, 2.24) is 5.32 Å². The van der Waals surface area contributed by atoms with Gasteiger partial charge in [-0.2, -0.15) is 0 Å². The number of phenolic OH excluding ortho intramolecular Hbond substituents is 1. The van der Waals surface area contributed by atoms with Crippen molar-refractivity contribution in [2.45, 2.75) is 45.6 Å². The van der Waals surface area contributed by atoms with E-state index in [0.717, 1.165) is 37.8 Å². The Labute approximate surface area is 112 Å². The van der Waals surface area contributed by atoms with Gasteiger partial charge in [-0.15, -0.1) is 0 Å². The standard InChI is InChI=1S/C15H20FNO2/c1-15(2)7-5-11(6-8-15)17-14(19)12-9-10(16)3-4-13(12)18/h3-4,9,11,18H,5-8H2,1-2H3,(H,17,19). The molecule has 0 aromatic heterocycles. The first-order valence-electron chi connectivity index (χ1n) is 6.67. The van der Waals surface area contributed by atoms with Gasteiger partial charge in [0.2, 0.25) is 0 Å². The predicted molar refractivity (Wildman–Crippen MR) is 71.6 cm³/mol. The van der Waals surface area contributed by atoms with E-state index in [4.69, 9.17) is 0 Å². The summed E-state index contributed by atoms with van der Waals surface area (Å²) in [7, 11) is 0. The lowest BCUT2D eigenvalue weighted by molar-refractivity contribution is 0.0906. The highest BCUT2D eigenvalue weighted by Gasteiger charge is 2.28. The topological polar surface area (TPSA) is 49.3 Å². The van der Waals surface area contributed by atoms with Crippen LogP contribution in [0.4, 0.5) is 4.39 Å². The number of amides is 1. The number of aromatic hydroxyl groups is 1. The van der Waals surface area contributed by atoms with E-state index in [-0.39, 0.29) is 17.4 Å². The maximum atomic E-state index is 13.1. The average Bonchev–Trinajstić information content (AvgIpc) is 2.35. The van der Waals surface area contributed by atoms with Crippen molar-refractivity contribution in [3.63, 3.8) is 0 Å². The lowest BCUT2D eigenvalue weighted by Crippen LogP contribution is -2.39. The van der Waals surface area contributed by atoms with E-state index in [1.165, 1.54) is 6.07 Å². The molecule has 1 aromatic carbocycles. The molecule has 104 valence electrons. The number of rotatable bonds is 2. The smallest absolute Gasteiger partial charge is 0.255 e. The van der Waals surface area contributed by atoms with Gasteiger partial charge in [0.15, 0.2) is 0 Å². The van der Waals surface area contributed by atoms with E-state index in [1.54, 1.807) is 0 Å². The Balaban J connectivity index is 2.00. The van der Waals surface area contributed by atoms with E-state index in [9.17, 15) is 14.3 Å². The molecule has 19 heavy (non-hydrogen) atoms. The van der Waals surface area contributed by atoms with Gasteiger partial charge in [0.25, 0.3) is 5.91 Å². The maximum absolute atomic E-state index is 13.1. The molecule has 0 atom stereocenters. The first-order valence-corrected chi connectivity index (χ1v) is 6.67. The first-order chi connectivity index (χ1) is 8.87. The number of nitrogens with one attached hydrogen (secondary N) is 1. The molecule has 0 saturated heterocycles. The van der Waals surface area contributed by atoms with Crippen molar-refractivity contribution in [1.29, 1.82) is 0 Å². The van der Waals surface area contributed by atoms with Crippen molar-refractivity contribution in [2.24, 2.45) is 5.41 Å². The zero-order valence-corrected chi connectivity index (χ0v) is 11.4. The molecule has 0 radical (unpaired) electrons. The van der Waals surface area contributed by atoms with E-state index < -0.39 is 11.7 Å². The summed E-state index contributed by atoms with van der Waals surface area (Å²) in [6.45, 7) is 4.45. The average molecular weight is 265 g/mol. The zero-order chi connectivity index (χ0) is 14.0. The fraction of sp³-hybridized carbons (Fsp3) is 0.533. The zero-order valence-electron chi connectivity index (χ0n) is 11.4. The molecule has 1 amide bonds. The molecule has 3 nitrogen and oxygen atoms in total. The summed E-state index contributed by atoms with van der Waals surface area (Å²) in [5, 5.41) is 12.5. The van der Waals surface area contributed by atoms with E-state index in [0.29, 0.717) is 5.41 Å². The molecule has 0 heterocycles. The molecule has 1 aliphatic carbocycles. The SMILES string of the molecule is CC1(C)CCC(NC(=O)c2cc(F)ccc2O)CC1. The fourth-order valence-corrected chi connectivity index (χ4v) is 2.50. The third-order valence-corrected chi connectivity index (χ3v) is 3.88. The van der Waals surface area contributed by atoms with Crippen LogP contribution in [0.15, 0.2) is 18.2 Å². The second kappa shape index (κ2) is 5.19. The van der Waals surface area contributed by atoms with Crippen LogP contribution >= 0.6 is 0 Å². The number of hydrogen-bond acceptors (Lipinski definition) is 2. The maximum Gasteiger partial charge on any atom is 0.255 e. The molecule has 0 spiro atoms. The van der Waals surface area contributed by atoms with Gasteiger partial charge in [0, 0.05) is 6.04 Å². The molecule has 2 N–H and O–H groups in total. The Bertz CT molecular complexity index is 475. The van der Waals surface area contributed by atoms with Crippen LogP contribution < -0.4 is 5.32 Å². The number of carbonyl (C=O) groups excluding carboxylic acids is 1. The minimum Gasteiger partial charge on any atom is -0.507 e. The number of hydrogen-bond donors (Lipinski definition) is 2. The second-order valence-electron chi connectivity index (χ2n) is 6.07. The predicted octanol–water partition coefficient (Wildman–Crippen LogP) is 3.23. The molecular formula is C15H20FNO2. The highest BCUT2D eigenvalue weighted by atomic mass is 19.1. The van der Waals surface area contributed by atoms with Gasteiger partial charge < -0.3 is 10.4 Å². The lowest BCUT2D eigenvalue weighted by atomic mass is 9.75. The highest BCUT2D eigenvalue weighted by Crippen LogP contribution is 2.35. The second-order valence-corrected chi connectivity index (χ2v) is 6.07. The lowest BCUT2D eigenvalue weighted by Gasteiger charge is -2.34. The first kappa shape index (κ1) is 13.8. The molecule has 0 unspecified atom stereocenters. The van der Waals surface area contributed by atoms with Crippen LogP contribution in [0.1, 0.15) is 49.9 Å². The van der Waals surface area contributed by atoms with E-state index in [2.05, 4.69) is 19.2 Å². The van der Waals surface area contributed by atoms with Crippen LogP contribution in [0, 0.1) is 11.2 Å². The summed E-state index contributed by atoms with van der Waals surface area (Å²) in [5.41, 5.74) is 0.340.